The molecule has 0 aliphatic rings. The van der Waals surface area contributed by atoms with Gasteiger partial charge >= 0.3 is 65.1 Å². The van der Waals surface area contributed by atoms with Gasteiger partial charge in [0.1, 0.15) is 0 Å². The third-order valence-electron chi connectivity index (χ3n) is 7.46. The van der Waals surface area contributed by atoms with Crippen LogP contribution in [0, 0.1) is 0 Å². The molecule has 0 aliphatic heterocycles. The van der Waals surface area contributed by atoms with Crippen LogP contribution in [0.15, 0.2) is 0 Å². The van der Waals surface area contributed by atoms with Gasteiger partial charge in [-0.05, 0) is 32.1 Å². The molecule has 0 aromatic rings. The van der Waals surface area contributed by atoms with Crippen molar-refractivity contribution in [2.24, 2.45) is 0 Å². The van der Waals surface area contributed by atoms with Crippen LogP contribution in [0.1, 0.15) is 213 Å². The third kappa shape index (κ3) is 65.2. The molecule has 0 spiro atoms. The molecule has 0 aromatic carbocycles. The zero-order valence-corrected chi connectivity index (χ0v) is 34.2. The van der Waals surface area contributed by atoms with E-state index in [-0.39, 0.29) is 72.0 Å². The molecule has 0 bridgehead atoms. The number of carbonyl (C=O) groups excluding carboxylic acids is 2. The van der Waals surface area contributed by atoms with Gasteiger partial charge in [0, 0.05) is 18.4 Å². The number of hydrogen-bond donors (Lipinski definition) is 1. The van der Waals surface area contributed by atoms with Crippen LogP contribution in [0.2, 0.25) is 0 Å². The Kier molecular flexibility index (Phi) is 61.6. The molecule has 0 fully saturated rings. The average Bonchev–Trinajstić information content (AvgIpc) is 2.95. The number of aliphatic carboxylic acids is 3. The number of rotatable bonds is 30. The minimum atomic E-state index is -0.909. The normalized spacial score (nSPS) is 9.89. The first-order chi connectivity index (χ1) is 20.3. The molecule has 1 N–H and O–H groups in total. The Morgan fingerprint density at radius 3 is 0.727 bits per heavy atom. The molecule has 252 valence electrons. The molecule has 0 atom stereocenters. The maximum Gasteiger partial charge on any atom is 1.00 e. The van der Waals surface area contributed by atoms with Gasteiger partial charge in [-0.3, -0.25) is 4.79 Å². The zero-order chi connectivity index (χ0) is 31.9. The summed E-state index contributed by atoms with van der Waals surface area (Å²) < 4.78 is 0. The SMILES string of the molecule is CCCCCCCCCCCC(=O)O.CCCCCCCCCCCC(=O)[O-].CCCCCCCCCCCC(=O)[O-].[Na+].[Na+]. The second kappa shape index (κ2) is 50.3. The Bertz CT molecular complexity index is 485. The fourth-order valence-electron chi connectivity index (χ4n) is 4.75. The van der Waals surface area contributed by atoms with E-state index >= 15 is 0 Å². The molecular formula is C36H70Na2O6. The van der Waals surface area contributed by atoms with Crippen molar-refractivity contribution in [2.45, 2.75) is 213 Å². The van der Waals surface area contributed by atoms with Gasteiger partial charge in [-0.2, -0.15) is 0 Å². The molecule has 0 heterocycles. The largest absolute Gasteiger partial charge is 1.00 e. The molecule has 8 heteroatoms. The summed E-state index contributed by atoms with van der Waals surface area (Å²) >= 11 is 0. The Labute approximate surface area is 317 Å². The number of carbonyl (C=O) groups is 3. The fraction of sp³-hybridized carbons (Fsp3) is 0.917. The van der Waals surface area contributed by atoms with Gasteiger partial charge in [0.05, 0.1) is 0 Å². The first-order valence-corrected chi connectivity index (χ1v) is 17.9. The molecule has 0 aliphatic carbocycles. The summed E-state index contributed by atoms with van der Waals surface area (Å²) in [7, 11) is 0. The van der Waals surface area contributed by atoms with Crippen LogP contribution in [0.25, 0.3) is 0 Å². The molecule has 6 nitrogen and oxygen atoms in total. The van der Waals surface area contributed by atoms with Crippen molar-refractivity contribution in [2.75, 3.05) is 0 Å². The third-order valence-corrected chi connectivity index (χ3v) is 7.46. The molecule has 0 amide bonds. The van der Waals surface area contributed by atoms with Crippen molar-refractivity contribution in [3.8, 4) is 0 Å². The topological polar surface area (TPSA) is 118 Å². The van der Waals surface area contributed by atoms with Crippen molar-refractivity contribution >= 4 is 17.9 Å². The monoisotopic (exact) mass is 644 g/mol. The van der Waals surface area contributed by atoms with Crippen molar-refractivity contribution in [3.05, 3.63) is 0 Å². The van der Waals surface area contributed by atoms with Crippen molar-refractivity contribution in [1.29, 1.82) is 0 Å². The molecule has 0 aromatic heterocycles. The summed E-state index contributed by atoms with van der Waals surface area (Å²) in [6.45, 7) is 6.67. The van der Waals surface area contributed by atoms with Gasteiger partial charge in [0.15, 0.2) is 0 Å². The Morgan fingerprint density at radius 2 is 0.545 bits per heavy atom. The summed E-state index contributed by atoms with van der Waals surface area (Å²) in [5.41, 5.74) is 0. The van der Waals surface area contributed by atoms with Crippen LogP contribution in [0.5, 0.6) is 0 Å². The van der Waals surface area contributed by atoms with Crippen LogP contribution in [0.4, 0.5) is 0 Å². The summed E-state index contributed by atoms with van der Waals surface area (Å²) in [5.74, 6) is -2.48. The summed E-state index contributed by atoms with van der Waals surface area (Å²) in [6, 6.07) is 0. The maximum atomic E-state index is 10.2. The first-order valence-electron chi connectivity index (χ1n) is 17.9. The zero-order valence-electron chi connectivity index (χ0n) is 30.2. The van der Waals surface area contributed by atoms with E-state index in [9.17, 15) is 24.6 Å². The van der Waals surface area contributed by atoms with Gasteiger partial charge in [-0.1, -0.05) is 175 Å². The van der Waals surface area contributed by atoms with E-state index in [1.54, 1.807) is 0 Å². The predicted molar refractivity (Wildman–Crippen MR) is 173 cm³/mol. The second-order valence-corrected chi connectivity index (χ2v) is 11.9. The van der Waals surface area contributed by atoms with E-state index in [1.165, 1.54) is 135 Å². The van der Waals surface area contributed by atoms with E-state index < -0.39 is 17.9 Å². The standard InChI is InChI=1S/3C12H24O2.2Na/c3*1-2-3-4-5-6-7-8-9-10-11-12(13)14;;/h3*2-11H2,1H3,(H,13,14);;/q;;;2*+1/p-2. The van der Waals surface area contributed by atoms with E-state index in [2.05, 4.69) is 20.8 Å². The number of carboxylic acid groups (broad SMARTS) is 3. The average molecular weight is 645 g/mol. The van der Waals surface area contributed by atoms with Crippen LogP contribution in [-0.2, 0) is 14.4 Å². The first kappa shape index (κ1) is 53.9. The maximum absolute atomic E-state index is 10.2. The van der Waals surface area contributed by atoms with Crippen molar-refractivity contribution in [3.63, 3.8) is 0 Å². The minimum absolute atomic E-state index is 0. The summed E-state index contributed by atoms with van der Waals surface area (Å²) in [5, 5.41) is 28.6. The quantitative estimate of drug-likeness (QED) is 0.0948. The minimum Gasteiger partial charge on any atom is -0.550 e. The van der Waals surface area contributed by atoms with Gasteiger partial charge in [0.2, 0.25) is 0 Å². The van der Waals surface area contributed by atoms with Gasteiger partial charge in [0.25, 0.3) is 0 Å². The molecule has 0 saturated carbocycles. The van der Waals surface area contributed by atoms with Crippen molar-refractivity contribution in [1.82, 2.24) is 0 Å². The van der Waals surface area contributed by atoms with E-state index in [4.69, 9.17) is 5.11 Å². The van der Waals surface area contributed by atoms with Gasteiger partial charge in [-0.25, -0.2) is 0 Å². The van der Waals surface area contributed by atoms with Crippen molar-refractivity contribution < 1.29 is 88.8 Å². The number of carboxylic acids is 3. The summed E-state index contributed by atoms with van der Waals surface area (Å²) in [4.78, 5) is 30.4. The molecule has 0 radical (unpaired) electrons. The molecular weight excluding hydrogens is 574 g/mol. The second-order valence-electron chi connectivity index (χ2n) is 11.9. The fourth-order valence-corrected chi connectivity index (χ4v) is 4.75. The van der Waals surface area contributed by atoms with E-state index in [0.29, 0.717) is 6.42 Å². The Hall–Kier alpha value is 0.410. The molecule has 0 unspecified atom stereocenters. The van der Waals surface area contributed by atoms with Gasteiger partial charge in [-0.15, -0.1) is 0 Å². The molecule has 44 heavy (non-hydrogen) atoms. The Morgan fingerprint density at radius 1 is 0.364 bits per heavy atom. The van der Waals surface area contributed by atoms with Crippen LogP contribution in [0.3, 0.4) is 0 Å². The number of hydrogen-bond acceptors (Lipinski definition) is 5. The summed E-state index contributed by atoms with van der Waals surface area (Å²) in [6.07, 6.45) is 33.8. The van der Waals surface area contributed by atoms with Crippen LogP contribution in [-0.4, -0.2) is 23.0 Å². The van der Waals surface area contributed by atoms with E-state index in [1.807, 2.05) is 0 Å². The predicted octanol–water partition coefficient (Wildman–Crippen LogP) is 3.31. The van der Waals surface area contributed by atoms with Crippen LogP contribution >= 0.6 is 0 Å². The van der Waals surface area contributed by atoms with Crippen LogP contribution < -0.4 is 69.3 Å². The number of unbranched alkanes of at least 4 members (excludes halogenated alkanes) is 24. The van der Waals surface area contributed by atoms with Gasteiger partial charge < -0.3 is 24.9 Å². The van der Waals surface area contributed by atoms with E-state index in [0.717, 1.165) is 38.5 Å². The molecule has 0 saturated heterocycles. The smallest absolute Gasteiger partial charge is 0.550 e. The Balaban J connectivity index is -0.000000169. The molecule has 0 rings (SSSR count).